The summed E-state index contributed by atoms with van der Waals surface area (Å²) in [6, 6.07) is 7.49. The van der Waals surface area contributed by atoms with Gasteiger partial charge in [-0.2, -0.15) is 0 Å². The van der Waals surface area contributed by atoms with Gasteiger partial charge in [-0.15, -0.1) is 0 Å². The summed E-state index contributed by atoms with van der Waals surface area (Å²) in [7, 11) is 1.54. The Kier molecular flexibility index (Phi) is 9.08. The lowest BCUT2D eigenvalue weighted by molar-refractivity contribution is -0.139. The van der Waals surface area contributed by atoms with Crippen molar-refractivity contribution >= 4 is 51.1 Å². The Morgan fingerprint density at radius 2 is 1.98 bits per heavy atom. The number of carbonyl (C=O) groups excluding carboxylic acids is 1. The van der Waals surface area contributed by atoms with Crippen molar-refractivity contribution in [3.8, 4) is 11.5 Å². The Balaban J connectivity index is 1.63. The molecule has 224 valence electrons. The third-order valence-electron chi connectivity index (χ3n) is 6.32. The molecule has 0 fully saturated rings. The predicted molar refractivity (Wildman–Crippen MR) is 165 cm³/mol. The average molecular weight is 688 g/mol. The summed E-state index contributed by atoms with van der Waals surface area (Å²) in [4.78, 5) is 51.1. The van der Waals surface area contributed by atoms with Gasteiger partial charge in [0.25, 0.3) is 11.1 Å². The second-order valence-electron chi connectivity index (χ2n) is 9.21. The number of thiazole rings is 1. The number of furan rings is 1. The number of carbonyl (C=O) groups is 1. The zero-order chi connectivity index (χ0) is 30.8. The molecule has 0 unspecified atom stereocenters. The average Bonchev–Trinajstić information content (AvgIpc) is 3.51. The van der Waals surface area contributed by atoms with E-state index in [1.807, 2.05) is 6.92 Å². The number of hydrogen-bond donors (Lipinski definition) is 1. The van der Waals surface area contributed by atoms with Crippen LogP contribution in [0.25, 0.3) is 6.08 Å². The van der Waals surface area contributed by atoms with Crippen LogP contribution in [0.15, 0.2) is 75.3 Å². The third kappa shape index (κ3) is 6.26. The largest absolute Gasteiger partial charge is 0.493 e. The zero-order valence-corrected chi connectivity index (χ0v) is 27.1. The molecule has 1 N–H and O–H groups in total. The van der Waals surface area contributed by atoms with E-state index in [-0.39, 0.29) is 23.3 Å². The van der Waals surface area contributed by atoms with Gasteiger partial charge in [-0.05, 0) is 69.3 Å². The standard InChI is InChI=1S/C29H27BrN4O7S2/c1-6-39-20-12-17(18(30)13-19(20)38-5)25-24(27(37)40-7-2)15(4)32-29-34(25)26(36)21(42-29)11-16-8-9-23(41-16)43-28-31-14(3)10-22(35)33-28/h8-13,25H,6-7H2,1-5H3,(H,31,33,35)/b21-11+/t25-/m1/s1. The molecule has 0 saturated heterocycles. The molecule has 4 aromatic rings. The van der Waals surface area contributed by atoms with Crippen LogP contribution in [0.5, 0.6) is 11.5 Å². The maximum absolute atomic E-state index is 14.0. The summed E-state index contributed by atoms with van der Waals surface area (Å²) in [6.07, 6.45) is 1.62. The van der Waals surface area contributed by atoms with Gasteiger partial charge in [-0.1, -0.05) is 27.3 Å². The lowest BCUT2D eigenvalue weighted by Crippen LogP contribution is -2.40. The molecule has 0 radical (unpaired) electrons. The van der Waals surface area contributed by atoms with E-state index in [1.54, 1.807) is 51.1 Å². The Morgan fingerprint density at radius 1 is 1.19 bits per heavy atom. The number of nitrogens with zero attached hydrogens (tertiary/aromatic N) is 3. The molecule has 4 heterocycles. The van der Waals surface area contributed by atoms with Crippen molar-refractivity contribution in [1.29, 1.82) is 0 Å². The van der Waals surface area contributed by atoms with Gasteiger partial charge < -0.3 is 23.6 Å². The number of ether oxygens (including phenoxy) is 3. The number of aryl methyl sites for hydroxylation is 1. The van der Waals surface area contributed by atoms with E-state index in [0.717, 1.165) is 11.8 Å². The number of rotatable bonds is 9. The molecule has 5 rings (SSSR count). The summed E-state index contributed by atoms with van der Waals surface area (Å²) in [5.41, 5.74) is 1.25. The number of methoxy groups -OCH3 is 1. The monoisotopic (exact) mass is 686 g/mol. The Bertz CT molecular complexity index is 1990. The van der Waals surface area contributed by atoms with Crippen molar-refractivity contribution in [2.24, 2.45) is 4.99 Å². The van der Waals surface area contributed by atoms with Gasteiger partial charge in [-0.3, -0.25) is 14.2 Å². The maximum atomic E-state index is 14.0. The van der Waals surface area contributed by atoms with Gasteiger partial charge in [0.15, 0.2) is 26.5 Å². The number of allylic oxidation sites excluding steroid dienone is 1. The minimum Gasteiger partial charge on any atom is -0.493 e. The predicted octanol–water partition coefficient (Wildman–Crippen LogP) is 4.10. The minimum atomic E-state index is -0.858. The van der Waals surface area contributed by atoms with Crippen molar-refractivity contribution in [3.05, 3.63) is 93.1 Å². The van der Waals surface area contributed by atoms with Crippen LogP contribution in [0.3, 0.4) is 0 Å². The Labute approximate surface area is 262 Å². The summed E-state index contributed by atoms with van der Waals surface area (Å²) in [6.45, 7) is 7.57. The third-order valence-corrected chi connectivity index (χ3v) is 8.79. The molecule has 1 aliphatic heterocycles. The van der Waals surface area contributed by atoms with Crippen LogP contribution in [0.4, 0.5) is 0 Å². The fourth-order valence-corrected chi connectivity index (χ4v) is 6.94. The van der Waals surface area contributed by atoms with Gasteiger partial charge in [0.1, 0.15) is 5.76 Å². The highest BCUT2D eigenvalue weighted by Crippen LogP contribution is 2.41. The van der Waals surface area contributed by atoms with E-state index in [9.17, 15) is 14.4 Å². The normalized spacial score (nSPS) is 14.8. The SMILES string of the molecule is CCOC(=O)C1=C(C)N=c2s/c(=C/c3ccc(Sc4nc(C)cc(=O)[nH]4)o3)c(=O)n2[C@@H]1c1cc(OCC)c(OC)cc1Br. The van der Waals surface area contributed by atoms with Crippen molar-refractivity contribution in [3.63, 3.8) is 0 Å². The van der Waals surface area contributed by atoms with Crippen LogP contribution in [0.2, 0.25) is 0 Å². The van der Waals surface area contributed by atoms with Gasteiger partial charge in [0.2, 0.25) is 0 Å². The first-order valence-electron chi connectivity index (χ1n) is 13.2. The molecule has 14 heteroatoms. The van der Waals surface area contributed by atoms with E-state index >= 15 is 0 Å². The summed E-state index contributed by atoms with van der Waals surface area (Å²) < 4.78 is 25.1. The number of nitrogens with one attached hydrogen (secondary N) is 1. The van der Waals surface area contributed by atoms with Gasteiger partial charge in [0, 0.05) is 22.3 Å². The first-order chi connectivity index (χ1) is 20.6. The van der Waals surface area contributed by atoms with Crippen LogP contribution >= 0.6 is 39.0 Å². The fraction of sp³-hybridized carbons (Fsp3) is 0.276. The molecular weight excluding hydrogens is 660 g/mol. The van der Waals surface area contributed by atoms with E-state index < -0.39 is 12.0 Å². The van der Waals surface area contributed by atoms with Crippen LogP contribution < -0.4 is 29.9 Å². The fourth-order valence-electron chi connectivity index (χ4n) is 4.57. The lowest BCUT2D eigenvalue weighted by atomic mass is 9.95. The number of hydrogen-bond acceptors (Lipinski definition) is 11. The number of aromatic nitrogens is 3. The van der Waals surface area contributed by atoms with E-state index in [2.05, 4.69) is 30.9 Å². The van der Waals surface area contributed by atoms with Crippen molar-refractivity contribution in [2.75, 3.05) is 20.3 Å². The van der Waals surface area contributed by atoms with Gasteiger partial charge in [-0.25, -0.2) is 14.8 Å². The smallest absolute Gasteiger partial charge is 0.338 e. The number of aromatic amines is 1. The zero-order valence-electron chi connectivity index (χ0n) is 23.8. The van der Waals surface area contributed by atoms with Crippen LogP contribution in [0.1, 0.15) is 43.8 Å². The molecule has 0 bridgehead atoms. The van der Waals surface area contributed by atoms with Crippen LogP contribution in [0, 0.1) is 6.92 Å². The summed E-state index contributed by atoms with van der Waals surface area (Å²) in [5.74, 6) is 0.817. The van der Waals surface area contributed by atoms with Gasteiger partial charge in [0.05, 0.1) is 42.2 Å². The molecule has 0 amide bonds. The van der Waals surface area contributed by atoms with Crippen molar-refractivity contribution in [1.82, 2.24) is 14.5 Å². The molecule has 11 nitrogen and oxygen atoms in total. The number of fused-ring (bicyclic) bond motifs is 1. The molecule has 1 aromatic carbocycles. The van der Waals surface area contributed by atoms with Crippen molar-refractivity contribution in [2.45, 2.75) is 44.0 Å². The van der Waals surface area contributed by atoms with Crippen LogP contribution in [-0.2, 0) is 9.53 Å². The molecule has 3 aromatic heterocycles. The van der Waals surface area contributed by atoms with Crippen LogP contribution in [-0.4, -0.2) is 40.8 Å². The number of H-pyrrole nitrogens is 1. The second-order valence-corrected chi connectivity index (χ2v) is 12.1. The minimum absolute atomic E-state index is 0.158. The summed E-state index contributed by atoms with van der Waals surface area (Å²) in [5, 5.41) is 0.875. The number of benzene rings is 1. The van der Waals surface area contributed by atoms with Crippen molar-refractivity contribution < 1.29 is 23.4 Å². The molecule has 1 aliphatic rings. The Morgan fingerprint density at radius 3 is 2.67 bits per heavy atom. The molecule has 0 saturated carbocycles. The summed E-state index contributed by atoms with van der Waals surface area (Å²) >= 11 is 5.95. The quantitative estimate of drug-likeness (QED) is 0.204. The first-order valence-corrected chi connectivity index (χ1v) is 15.6. The number of halogens is 1. The molecule has 43 heavy (non-hydrogen) atoms. The Hall–Kier alpha value is -3.88. The van der Waals surface area contributed by atoms with E-state index in [0.29, 0.717) is 64.9 Å². The van der Waals surface area contributed by atoms with E-state index in [1.165, 1.54) is 29.1 Å². The molecule has 0 aliphatic carbocycles. The first kappa shape index (κ1) is 30.6. The molecule has 0 spiro atoms. The number of esters is 1. The molecular formula is C29H27BrN4O7S2. The highest BCUT2D eigenvalue weighted by Gasteiger charge is 2.35. The van der Waals surface area contributed by atoms with E-state index in [4.69, 9.17) is 18.6 Å². The highest BCUT2D eigenvalue weighted by atomic mass is 79.9. The molecule has 1 atom stereocenters. The maximum Gasteiger partial charge on any atom is 0.338 e. The van der Waals surface area contributed by atoms with Gasteiger partial charge >= 0.3 is 5.97 Å². The highest BCUT2D eigenvalue weighted by molar-refractivity contribution is 9.10. The second kappa shape index (κ2) is 12.8. The topological polar surface area (TPSA) is 138 Å². The lowest BCUT2D eigenvalue weighted by Gasteiger charge is -2.26.